The summed E-state index contributed by atoms with van der Waals surface area (Å²) in [5.41, 5.74) is 4.81. The largest absolute Gasteiger partial charge is 0.573 e. The number of fused-ring (bicyclic) bond motifs is 7. The Balaban J connectivity index is 0.000000494. The number of carbonyl (C=O) groups excluding carboxylic acids is 2. The molecule has 8 nitrogen and oxygen atoms in total. The van der Waals surface area contributed by atoms with Crippen LogP contribution in [-0.2, 0) is 11.3 Å². The molecule has 3 atom stereocenters. The van der Waals surface area contributed by atoms with E-state index in [9.17, 15) is 22.8 Å². The highest BCUT2D eigenvalue weighted by molar-refractivity contribution is 7.95. The molecular formula is C36H46F3N5O3S. The predicted molar refractivity (Wildman–Crippen MR) is 186 cm³/mol. The van der Waals surface area contributed by atoms with Crippen molar-refractivity contribution >= 4 is 35.2 Å². The standard InChI is InChI=1S/C30H34F3N3O3S.C6H12N2/c1-5-8-18(9-6-2)25-20-13-12-19(28(38)34-40-35(3)4)14-23(20)36-16-29(17-37)15-22(29)26-21(27(25)36)10-7-11-24(26)39-30(31,32)33;1-3-5-6(8-5)4-7-2/h7,10-14,17-18,22H,5-6,8-9,15-16H2,1-4H3,(H,34,38);4-5,7-8H,3H2,1-2H3/b;6-4+. The summed E-state index contributed by atoms with van der Waals surface area (Å²) in [5.74, 6) is -0.702. The summed E-state index contributed by atoms with van der Waals surface area (Å²) in [6.45, 7) is 6.76. The van der Waals surface area contributed by atoms with Gasteiger partial charge in [-0.05, 0) is 69.5 Å². The Morgan fingerprint density at radius 2 is 1.92 bits per heavy atom. The predicted octanol–water partition coefficient (Wildman–Crippen LogP) is 7.86. The van der Waals surface area contributed by atoms with Crippen molar-refractivity contribution in [1.29, 1.82) is 0 Å². The van der Waals surface area contributed by atoms with E-state index in [0.29, 0.717) is 35.7 Å². The minimum absolute atomic E-state index is 0.166. The second-order valence-corrected chi connectivity index (χ2v) is 14.2. The molecule has 0 bridgehead atoms. The Bertz CT molecular complexity index is 1680. The summed E-state index contributed by atoms with van der Waals surface area (Å²) < 4.78 is 51.7. The van der Waals surface area contributed by atoms with Gasteiger partial charge in [0, 0.05) is 71.1 Å². The van der Waals surface area contributed by atoms with Gasteiger partial charge in [-0.25, -0.2) is 4.31 Å². The van der Waals surface area contributed by atoms with Crippen LogP contribution in [0, 0.1) is 5.41 Å². The maximum absolute atomic E-state index is 13.5. The number of nitrogens with zero attached hydrogens (tertiary/aromatic N) is 2. The van der Waals surface area contributed by atoms with Crippen LogP contribution in [-0.4, -0.2) is 54.6 Å². The Morgan fingerprint density at radius 3 is 2.50 bits per heavy atom. The molecule has 12 heteroatoms. The van der Waals surface area contributed by atoms with E-state index in [2.05, 4.69) is 45.4 Å². The zero-order chi connectivity index (χ0) is 34.8. The first-order valence-electron chi connectivity index (χ1n) is 16.7. The van der Waals surface area contributed by atoms with Crippen LogP contribution in [0.25, 0.3) is 22.2 Å². The maximum atomic E-state index is 13.5. The van der Waals surface area contributed by atoms with Crippen LogP contribution < -0.4 is 20.1 Å². The van der Waals surface area contributed by atoms with E-state index in [-0.39, 0.29) is 23.5 Å². The summed E-state index contributed by atoms with van der Waals surface area (Å²) in [4.78, 5) is 25.5. The van der Waals surface area contributed by atoms with Gasteiger partial charge in [-0.2, -0.15) is 0 Å². The van der Waals surface area contributed by atoms with E-state index in [4.69, 9.17) is 0 Å². The molecule has 1 aliphatic carbocycles. The fraction of sp³-hybridized carbons (Fsp3) is 0.500. The maximum Gasteiger partial charge on any atom is 0.573 e. The quantitative estimate of drug-likeness (QED) is 0.102. The molecule has 48 heavy (non-hydrogen) atoms. The van der Waals surface area contributed by atoms with Gasteiger partial charge < -0.3 is 24.7 Å². The average Bonchev–Trinajstić information content (AvgIpc) is 3.94. The Kier molecular flexibility index (Phi) is 10.7. The zero-order valence-corrected chi connectivity index (χ0v) is 29.3. The number of nitrogens with one attached hydrogen (secondary N) is 3. The van der Waals surface area contributed by atoms with Crippen molar-refractivity contribution in [3.8, 4) is 17.0 Å². The molecule has 1 saturated heterocycles. The van der Waals surface area contributed by atoms with E-state index in [1.54, 1.807) is 16.4 Å². The fourth-order valence-electron chi connectivity index (χ4n) is 7.16. The molecule has 1 aromatic heterocycles. The molecule has 260 valence electrons. The molecule has 3 N–H and O–H groups in total. The summed E-state index contributed by atoms with van der Waals surface area (Å²) in [7, 11) is 5.57. The van der Waals surface area contributed by atoms with Crippen molar-refractivity contribution in [2.24, 2.45) is 5.41 Å². The fourth-order valence-corrected chi connectivity index (χ4v) is 7.54. The summed E-state index contributed by atoms with van der Waals surface area (Å²) in [6, 6.07) is 11.1. The molecule has 3 unspecified atom stereocenters. The van der Waals surface area contributed by atoms with Crippen LogP contribution in [0.15, 0.2) is 48.3 Å². The second-order valence-electron chi connectivity index (χ2n) is 13.1. The van der Waals surface area contributed by atoms with Gasteiger partial charge >= 0.3 is 6.36 Å². The van der Waals surface area contributed by atoms with Crippen molar-refractivity contribution < 1.29 is 27.5 Å². The highest BCUT2D eigenvalue weighted by Crippen LogP contribution is 2.65. The molecule has 2 fully saturated rings. The molecule has 3 aromatic rings. The number of aldehydes is 1. The van der Waals surface area contributed by atoms with Crippen molar-refractivity contribution in [3.63, 3.8) is 0 Å². The lowest BCUT2D eigenvalue weighted by molar-refractivity contribution is -0.274. The third kappa shape index (κ3) is 7.34. The smallest absolute Gasteiger partial charge is 0.405 e. The molecule has 3 heterocycles. The van der Waals surface area contributed by atoms with Crippen LogP contribution in [0.5, 0.6) is 5.75 Å². The first kappa shape index (κ1) is 35.7. The van der Waals surface area contributed by atoms with Crippen LogP contribution in [0.2, 0.25) is 0 Å². The lowest BCUT2D eigenvalue weighted by atomic mass is 9.85. The van der Waals surface area contributed by atoms with Gasteiger partial charge in [0.05, 0.1) is 17.2 Å². The summed E-state index contributed by atoms with van der Waals surface area (Å²) >= 11 is 1.18. The van der Waals surface area contributed by atoms with E-state index < -0.39 is 11.8 Å². The molecule has 1 amide bonds. The number of amides is 1. The monoisotopic (exact) mass is 685 g/mol. The van der Waals surface area contributed by atoms with E-state index >= 15 is 0 Å². The summed E-state index contributed by atoms with van der Waals surface area (Å²) in [6.07, 6.45) is 3.43. The first-order valence-corrected chi connectivity index (χ1v) is 17.5. The van der Waals surface area contributed by atoms with Crippen LogP contribution in [0.1, 0.15) is 92.6 Å². The first-order chi connectivity index (χ1) is 22.9. The molecule has 2 aliphatic heterocycles. The van der Waals surface area contributed by atoms with Gasteiger partial charge in [0.2, 0.25) is 0 Å². The van der Waals surface area contributed by atoms with Crippen molar-refractivity contribution in [2.45, 2.75) is 90.1 Å². The lowest BCUT2D eigenvalue weighted by Gasteiger charge is -2.21. The van der Waals surface area contributed by atoms with Crippen LogP contribution >= 0.6 is 12.1 Å². The van der Waals surface area contributed by atoms with Gasteiger partial charge in [-0.15, -0.1) is 13.2 Å². The van der Waals surface area contributed by atoms with E-state index in [1.807, 2.05) is 45.5 Å². The lowest BCUT2D eigenvalue weighted by Crippen LogP contribution is -2.20. The molecule has 1 saturated carbocycles. The number of aromatic nitrogens is 1. The number of ether oxygens (including phenoxy) is 1. The van der Waals surface area contributed by atoms with Crippen LogP contribution in [0.3, 0.4) is 0 Å². The SMILES string of the molecule is CCC1N/C1=C/NC.CCCC(CCC)c1c2n(c3cc(C(=O)NSN(C)C)ccc13)CC1(C=O)CC1c1c(OC(F)(F)F)cccc1-2. The van der Waals surface area contributed by atoms with Gasteiger partial charge in [0.25, 0.3) is 5.91 Å². The third-order valence-corrected chi connectivity index (χ3v) is 10.1. The van der Waals surface area contributed by atoms with Gasteiger partial charge in [0.1, 0.15) is 12.0 Å². The average molecular weight is 686 g/mol. The van der Waals surface area contributed by atoms with E-state index in [1.165, 1.54) is 30.3 Å². The molecular weight excluding hydrogens is 639 g/mol. The molecule has 0 radical (unpaired) electrons. The molecule has 3 aliphatic rings. The summed E-state index contributed by atoms with van der Waals surface area (Å²) in [5, 5.41) is 7.15. The van der Waals surface area contributed by atoms with Crippen LogP contribution in [0.4, 0.5) is 13.2 Å². The molecule has 0 spiro atoms. The molecule has 2 aromatic carbocycles. The van der Waals surface area contributed by atoms with Crippen molar-refractivity contribution in [2.75, 3.05) is 21.1 Å². The topological polar surface area (TPSA) is 97.5 Å². The normalized spacial score (nSPS) is 21.4. The van der Waals surface area contributed by atoms with E-state index in [0.717, 1.165) is 54.1 Å². The highest BCUT2D eigenvalue weighted by atomic mass is 32.2. The number of alkyl halides is 3. The molecule has 6 rings (SSSR count). The zero-order valence-electron chi connectivity index (χ0n) is 28.5. The number of hydrogen-bond acceptors (Lipinski definition) is 7. The third-order valence-electron chi connectivity index (χ3n) is 9.41. The number of carbonyl (C=O) groups is 2. The number of hydrogen-bond donors (Lipinski definition) is 3. The Labute approximate surface area is 285 Å². The minimum atomic E-state index is -4.85. The Hall–Kier alpha value is -3.64. The highest BCUT2D eigenvalue weighted by Gasteiger charge is 2.59. The van der Waals surface area contributed by atoms with Crippen molar-refractivity contribution in [3.05, 3.63) is 65.0 Å². The number of benzene rings is 2. The van der Waals surface area contributed by atoms with Gasteiger partial charge in [0.15, 0.2) is 0 Å². The van der Waals surface area contributed by atoms with Gasteiger partial charge in [-0.1, -0.05) is 51.8 Å². The number of rotatable bonds is 12. The Morgan fingerprint density at radius 1 is 1.19 bits per heavy atom. The van der Waals surface area contributed by atoms with Gasteiger partial charge in [-0.3, -0.25) is 9.52 Å². The minimum Gasteiger partial charge on any atom is -0.405 e. The number of halogens is 3. The second kappa shape index (κ2) is 14.5. The van der Waals surface area contributed by atoms with Crippen molar-refractivity contribution in [1.82, 2.24) is 24.2 Å².